The van der Waals surface area contributed by atoms with Crippen LogP contribution < -0.4 is 5.32 Å². The highest BCUT2D eigenvalue weighted by Crippen LogP contribution is 2.23. The van der Waals surface area contributed by atoms with Gasteiger partial charge in [0.1, 0.15) is 0 Å². The van der Waals surface area contributed by atoms with Crippen LogP contribution in [0.2, 0.25) is 0 Å². The SMILES string of the molecule is CN1CCCC1CCNCc1cc(/C=N/C2CC2)ccn1. The highest BCUT2D eigenvalue weighted by atomic mass is 15.1. The summed E-state index contributed by atoms with van der Waals surface area (Å²) in [6, 6.07) is 5.52. The van der Waals surface area contributed by atoms with E-state index >= 15 is 0 Å². The standard InChI is InChI=1S/C17H26N4/c1-21-10-2-3-17(21)7-8-18-13-16-11-14(6-9-19-16)12-20-15-4-5-15/h6,9,11-12,15,17-18H,2-5,7-8,10,13H2,1H3/b20-12+. The molecular formula is C17H26N4. The topological polar surface area (TPSA) is 40.5 Å². The van der Waals surface area contributed by atoms with Crippen LogP contribution >= 0.6 is 0 Å². The number of aliphatic imine (C=N–C) groups is 1. The Labute approximate surface area is 127 Å². The Balaban J connectivity index is 1.41. The van der Waals surface area contributed by atoms with Gasteiger partial charge in [-0.15, -0.1) is 0 Å². The van der Waals surface area contributed by atoms with Crippen molar-refractivity contribution in [3.05, 3.63) is 29.6 Å². The fourth-order valence-electron chi connectivity index (χ4n) is 2.92. The first-order chi connectivity index (χ1) is 10.3. The number of likely N-dealkylation sites (tertiary alicyclic amines) is 1. The molecule has 4 nitrogen and oxygen atoms in total. The predicted octanol–water partition coefficient (Wildman–Crippen LogP) is 2.24. The molecule has 1 saturated heterocycles. The number of nitrogens with zero attached hydrogens (tertiary/aromatic N) is 3. The summed E-state index contributed by atoms with van der Waals surface area (Å²) in [5, 5.41) is 3.52. The first-order valence-electron chi connectivity index (χ1n) is 8.20. The Kier molecular flexibility index (Phi) is 4.99. The lowest BCUT2D eigenvalue weighted by molar-refractivity contribution is 0.293. The Morgan fingerprint density at radius 1 is 1.43 bits per heavy atom. The molecule has 2 heterocycles. The summed E-state index contributed by atoms with van der Waals surface area (Å²) in [5.74, 6) is 0. The summed E-state index contributed by atoms with van der Waals surface area (Å²) in [6.07, 6.45) is 10.3. The molecule has 1 aliphatic heterocycles. The third-order valence-corrected chi connectivity index (χ3v) is 4.45. The maximum Gasteiger partial charge on any atom is 0.0548 e. The summed E-state index contributed by atoms with van der Waals surface area (Å²) < 4.78 is 0. The van der Waals surface area contributed by atoms with Crippen molar-refractivity contribution in [2.75, 3.05) is 20.1 Å². The molecule has 1 aliphatic carbocycles. The van der Waals surface area contributed by atoms with E-state index in [1.54, 1.807) is 0 Å². The van der Waals surface area contributed by atoms with Crippen molar-refractivity contribution in [1.82, 2.24) is 15.2 Å². The summed E-state index contributed by atoms with van der Waals surface area (Å²) in [5.41, 5.74) is 2.28. The summed E-state index contributed by atoms with van der Waals surface area (Å²) in [4.78, 5) is 11.4. The highest BCUT2D eigenvalue weighted by molar-refractivity contribution is 5.79. The van der Waals surface area contributed by atoms with Crippen LogP contribution in [0.5, 0.6) is 0 Å². The van der Waals surface area contributed by atoms with Gasteiger partial charge >= 0.3 is 0 Å². The van der Waals surface area contributed by atoms with Gasteiger partial charge in [-0.1, -0.05) is 0 Å². The molecule has 1 atom stereocenters. The fourth-order valence-corrected chi connectivity index (χ4v) is 2.92. The molecule has 0 radical (unpaired) electrons. The number of rotatable bonds is 7. The Bertz CT molecular complexity index is 481. The quantitative estimate of drug-likeness (QED) is 0.617. The zero-order valence-electron chi connectivity index (χ0n) is 13.0. The molecule has 2 fully saturated rings. The minimum Gasteiger partial charge on any atom is -0.311 e. The van der Waals surface area contributed by atoms with Gasteiger partial charge in [-0.05, 0) is 69.9 Å². The molecule has 0 aromatic carbocycles. The van der Waals surface area contributed by atoms with Gasteiger partial charge < -0.3 is 10.2 Å². The third-order valence-electron chi connectivity index (χ3n) is 4.45. The molecule has 4 heteroatoms. The van der Waals surface area contributed by atoms with E-state index in [9.17, 15) is 0 Å². The van der Waals surface area contributed by atoms with E-state index in [-0.39, 0.29) is 0 Å². The van der Waals surface area contributed by atoms with E-state index in [4.69, 9.17) is 0 Å². The lowest BCUT2D eigenvalue weighted by atomic mass is 10.1. The predicted molar refractivity (Wildman–Crippen MR) is 86.8 cm³/mol. The van der Waals surface area contributed by atoms with Crippen LogP contribution in [0.25, 0.3) is 0 Å². The first kappa shape index (κ1) is 14.7. The van der Waals surface area contributed by atoms with E-state index in [0.717, 1.165) is 24.8 Å². The second-order valence-corrected chi connectivity index (χ2v) is 6.33. The van der Waals surface area contributed by atoms with E-state index in [2.05, 4.69) is 33.3 Å². The van der Waals surface area contributed by atoms with Gasteiger partial charge in [-0.3, -0.25) is 9.98 Å². The molecule has 1 aromatic heterocycles. The molecule has 3 rings (SSSR count). The summed E-state index contributed by atoms with van der Waals surface area (Å²) >= 11 is 0. The lowest BCUT2D eigenvalue weighted by Crippen LogP contribution is -2.29. The second kappa shape index (κ2) is 7.14. The number of hydrogen-bond donors (Lipinski definition) is 1. The van der Waals surface area contributed by atoms with Crippen molar-refractivity contribution < 1.29 is 0 Å². The van der Waals surface area contributed by atoms with Crippen LogP contribution in [-0.2, 0) is 6.54 Å². The van der Waals surface area contributed by atoms with Gasteiger partial charge in [0.15, 0.2) is 0 Å². The van der Waals surface area contributed by atoms with Gasteiger partial charge in [0.05, 0.1) is 11.7 Å². The van der Waals surface area contributed by atoms with Crippen LogP contribution in [0.1, 0.15) is 43.4 Å². The Morgan fingerprint density at radius 2 is 2.33 bits per heavy atom. The van der Waals surface area contributed by atoms with E-state index in [1.165, 1.54) is 44.2 Å². The van der Waals surface area contributed by atoms with Crippen LogP contribution in [0, 0.1) is 0 Å². The number of aromatic nitrogens is 1. The van der Waals surface area contributed by atoms with Crippen LogP contribution in [0.15, 0.2) is 23.3 Å². The molecule has 0 bridgehead atoms. The molecule has 21 heavy (non-hydrogen) atoms. The van der Waals surface area contributed by atoms with Crippen molar-refractivity contribution in [2.24, 2.45) is 4.99 Å². The van der Waals surface area contributed by atoms with Gasteiger partial charge in [0.2, 0.25) is 0 Å². The lowest BCUT2D eigenvalue weighted by Gasteiger charge is -2.19. The molecule has 2 aliphatic rings. The molecule has 0 spiro atoms. The molecule has 1 N–H and O–H groups in total. The van der Waals surface area contributed by atoms with Crippen LogP contribution in [0.4, 0.5) is 0 Å². The minimum atomic E-state index is 0.586. The summed E-state index contributed by atoms with van der Waals surface area (Å²) in [6.45, 7) is 3.17. The number of nitrogens with one attached hydrogen (secondary N) is 1. The Hall–Kier alpha value is -1.26. The molecular weight excluding hydrogens is 260 g/mol. The van der Waals surface area contributed by atoms with E-state index < -0.39 is 0 Å². The van der Waals surface area contributed by atoms with Crippen LogP contribution in [-0.4, -0.2) is 48.3 Å². The highest BCUT2D eigenvalue weighted by Gasteiger charge is 2.20. The number of hydrogen-bond acceptors (Lipinski definition) is 4. The van der Waals surface area contributed by atoms with Gasteiger partial charge in [0, 0.05) is 25.0 Å². The van der Waals surface area contributed by atoms with Crippen molar-refractivity contribution in [1.29, 1.82) is 0 Å². The minimum absolute atomic E-state index is 0.586. The van der Waals surface area contributed by atoms with E-state index in [1.807, 2.05) is 18.5 Å². The monoisotopic (exact) mass is 286 g/mol. The largest absolute Gasteiger partial charge is 0.311 e. The van der Waals surface area contributed by atoms with Gasteiger partial charge in [-0.25, -0.2) is 0 Å². The fraction of sp³-hybridized carbons (Fsp3) is 0.647. The average molecular weight is 286 g/mol. The van der Waals surface area contributed by atoms with Crippen molar-refractivity contribution in [2.45, 2.75) is 50.7 Å². The molecule has 1 unspecified atom stereocenters. The maximum atomic E-state index is 4.53. The zero-order valence-corrected chi connectivity index (χ0v) is 13.0. The van der Waals surface area contributed by atoms with Crippen molar-refractivity contribution in [3.63, 3.8) is 0 Å². The average Bonchev–Trinajstić information content (AvgIpc) is 3.24. The molecule has 114 valence electrons. The smallest absolute Gasteiger partial charge is 0.0548 e. The third kappa shape index (κ3) is 4.61. The normalized spacial score (nSPS) is 23.2. The maximum absolute atomic E-state index is 4.53. The Morgan fingerprint density at radius 3 is 3.10 bits per heavy atom. The van der Waals surface area contributed by atoms with Crippen molar-refractivity contribution >= 4 is 6.21 Å². The molecule has 0 amide bonds. The molecule has 1 saturated carbocycles. The van der Waals surface area contributed by atoms with Crippen LogP contribution in [0.3, 0.4) is 0 Å². The van der Waals surface area contributed by atoms with Crippen molar-refractivity contribution in [3.8, 4) is 0 Å². The molecule has 1 aromatic rings. The first-order valence-corrected chi connectivity index (χ1v) is 8.20. The van der Waals surface area contributed by atoms with Gasteiger partial charge in [-0.2, -0.15) is 0 Å². The van der Waals surface area contributed by atoms with E-state index in [0.29, 0.717) is 6.04 Å². The zero-order chi connectivity index (χ0) is 14.5. The number of pyridine rings is 1. The summed E-state index contributed by atoms with van der Waals surface area (Å²) in [7, 11) is 2.24. The van der Waals surface area contributed by atoms with Gasteiger partial charge in [0.25, 0.3) is 0 Å². The second-order valence-electron chi connectivity index (χ2n) is 6.33.